The van der Waals surface area contributed by atoms with E-state index >= 15 is 0 Å². The SMILES string of the molecule is Nc1nc(N)c2c(n1)[nH]c1cccc(Oc3ccccc3)c12. The van der Waals surface area contributed by atoms with Crippen LogP contribution in [0.15, 0.2) is 48.5 Å². The van der Waals surface area contributed by atoms with E-state index in [2.05, 4.69) is 15.0 Å². The normalized spacial score (nSPS) is 11.1. The van der Waals surface area contributed by atoms with Crippen LogP contribution in [0.5, 0.6) is 11.5 Å². The fourth-order valence-corrected chi connectivity index (χ4v) is 2.55. The number of fused-ring (bicyclic) bond motifs is 3. The Morgan fingerprint density at radius 1 is 0.864 bits per heavy atom. The van der Waals surface area contributed by atoms with Gasteiger partial charge in [-0.15, -0.1) is 0 Å². The molecule has 0 aliphatic rings. The Morgan fingerprint density at radius 3 is 2.50 bits per heavy atom. The lowest BCUT2D eigenvalue weighted by Gasteiger charge is -2.07. The Labute approximate surface area is 125 Å². The standard InChI is InChI=1S/C16H13N5O/c17-14-13-12-10(19-15(13)21-16(18)20-14)7-4-8-11(12)22-9-5-2-1-3-6-9/h1-8H,(H5,17,18,19,20,21). The molecule has 0 bridgehead atoms. The van der Waals surface area contributed by atoms with E-state index in [-0.39, 0.29) is 5.95 Å². The molecule has 0 saturated heterocycles. The summed E-state index contributed by atoms with van der Waals surface area (Å²) in [6.07, 6.45) is 0. The molecule has 108 valence electrons. The number of nitrogen functional groups attached to an aromatic ring is 2. The molecule has 0 radical (unpaired) electrons. The van der Waals surface area contributed by atoms with Crippen molar-refractivity contribution in [3.63, 3.8) is 0 Å². The monoisotopic (exact) mass is 291 g/mol. The van der Waals surface area contributed by atoms with Crippen molar-refractivity contribution in [3.8, 4) is 11.5 Å². The van der Waals surface area contributed by atoms with Crippen molar-refractivity contribution in [1.29, 1.82) is 0 Å². The molecule has 4 rings (SSSR count). The van der Waals surface area contributed by atoms with E-state index in [1.165, 1.54) is 0 Å². The van der Waals surface area contributed by atoms with Crippen molar-refractivity contribution in [3.05, 3.63) is 48.5 Å². The largest absolute Gasteiger partial charge is 0.457 e. The lowest BCUT2D eigenvalue weighted by Crippen LogP contribution is -1.99. The van der Waals surface area contributed by atoms with Crippen LogP contribution in [0.4, 0.5) is 11.8 Å². The summed E-state index contributed by atoms with van der Waals surface area (Å²) in [5.41, 5.74) is 13.1. The average Bonchev–Trinajstić information content (AvgIpc) is 2.87. The molecule has 22 heavy (non-hydrogen) atoms. The van der Waals surface area contributed by atoms with E-state index in [9.17, 15) is 0 Å². The van der Waals surface area contributed by atoms with Crippen LogP contribution in [-0.2, 0) is 0 Å². The van der Waals surface area contributed by atoms with E-state index in [1.54, 1.807) is 0 Å². The summed E-state index contributed by atoms with van der Waals surface area (Å²) >= 11 is 0. The second kappa shape index (κ2) is 4.63. The molecule has 2 heterocycles. The smallest absolute Gasteiger partial charge is 0.223 e. The van der Waals surface area contributed by atoms with Gasteiger partial charge in [0.2, 0.25) is 5.95 Å². The third-order valence-corrected chi connectivity index (χ3v) is 3.45. The first-order chi connectivity index (χ1) is 10.7. The number of anilines is 2. The third kappa shape index (κ3) is 1.89. The highest BCUT2D eigenvalue weighted by Gasteiger charge is 2.15. The van der Waals surface area contributed by atoms with E-state index in [1.807, 2.05) is 48.5 Å². The zero-order valence-electron chi connectivity index (χ0n) is 11.6. The number of hydrogen-bond acceptors (Lipinski definition) is 5. The molecule has 6 nitrogen and oxygen atoms in total. The fourth-order valence-electron chi connectivity index (χ4n) is 2.55. The number of hydrogen-bond donors (Lipinski definition) is 3. The number of nitrogens with zero attached hydrogens (tertiary/aromatic N) is 2. The highest BCUT2D eigenvalue weighted by atomic mass is 16.5. The van der Waals surface area contributed by atoms with Crippen molar-refractivity contribution < 1.29 is 4.74 Å². The molecule has 2 aromatic heterocycles. The lowest BCUT2D eigenvalue weighted by atomic mass is 10.2. The number of aromatic nitrogens is 3. The maximum absolute atomic E-state index is 6.02. The first-order valence-electron chi connectivity index (χ1n) is 6.78. The molecule has 5 N–H and O–H groups in total. The van der Waals surface area contributed by atoms with Gasteiger partial charge in [-0.2, -0.15) is 9.97 Å². The minimum Gasteiger partial charge on any atom is -0.457 e. The minimum absolute atomic E-state index is 0.141. The quantitative estimate of drug-likeness (QED) is 0.526. The van der Waals surface area contributed by atoms with Crippen molar-refractivity contribution in [1.82, 2.24) is 15.0 Å². The van der Waals surface area contributed by atoms with Gasteiger partial charge >= 0.3 is 0 Å². The molecule has 4 aromatic rings. The third-order valence-electron chi connectivity index (χ3n) is 3.45. The molecule has 0 amide bonds. The highest BCUT2D eigenvalue weighted by molar-refractivity contribution is 6.13. The summed E-state index contributed by atoms with van der Waals surface area (Å²) in [4.78, 5) is 11.4. The van der Waals surface area contributed by atoms with Gasteiger partial charge in [0.15, 0.2) is 0 Å². The predicted molar refractivity (Wildman–Crippen MR) is 86.7 cm³/mol. The van der Waals surface area contributed by atoms with E-state index in [4.69, 9.17) is 16.2 Å². The fraction of sp³-hybridized carbons (Fsp3) is 0. The summed E-state index contributed by atoms with van der Waals surface area (Å²) in [7, 11) is 0. The first kappa shape index (κ1) is 12.5. The van der Waals surface area contributed by atoms with Gasteiger partial charge < -0.3 is 21.2 Å². The number of H-pyrrole nitrogens is 1. The number of benzene rings is 2. The molecular weight excluding hydrogens is 278 g/mol. The van der Waals surface area contributed by atoms with Crippen LogP contribution in [0.3, 0.4) is 0 Å². The topological polar surface area (TPSA) is 103 Å². The lowest BCUT2D eigenvalue weighted by molar-refractivity contribution is 0.488. The van der Waals surface area contributed by atoms with Crippen LogP contribution in [-0.4, -0.2) is 15.0 Å². The molecule has 0 aliphatic heterocycles. The number of ether oxygens (including phenoxy) is 1. The second-order valence-corrected chi connectivity index (χ2v) is 4.91. The van der Waals surface area contributed by atoms with Crippen LogP contribution >= 0.6 is 0 Å². The molecule has 0 unspecified atom stereocenters. The molecule has 6 heteroatoms. The molecule has 0 aliphatic carbocycles. The zero-order chi connectivity index (χ0) is 15.1. The molecule has 2 aromatic carbocycles. The first-order valence-corrected chi connectivity index (χ1v) is 6.78. The van der Waals surface area contributed by atoms with Crippen LogP contribution in [0.2, 0.25) is 0 Å². The Morgan fingerprint density at radius 2 is 1.68 bits per heavy atom. The van der Waals surface area contributed by atoms with E-state index in [0.29, 0.717) is 17.2 Å². The van der Waals surface area contributed by atoms with Gasteiger partial charge in [-0.3, -0.25) is 0 Å². The van der Waals surface area contributed by atoms with Crippen LogP contribution in [0.25, 0.3) is 21.9 Å². The zero-order valence-corrected chi connectivity index (χ0v) is 11.6. The van der Waals surface area contributed by atoms with Gasteiger partial charge in [-0.25, -0.2) is 0 Å². The summed E-state index contributed by atoms with van der Waals surface area (Å²) in [5.74, 6) is 1.91. The average molecular weight is 291 g/mol. The van der Waals surface area contributed by atoms with Gasteiger partial charge in [0, 0.05) is 0 Å². The molecule has 0 atom stereocenters. The highest BCUT2D eigenvalue weighted by Crippen LogP contribution is 2.37. The Bertz CT molecular complexity index is 978. The summed E-state index contributed by atoms with van der Waals surface area (Å²) in [5, 5.41) is 1.56. The maximum atomic E-state index is 6.02. The Balaban J connectivity index is 1.99. The second-order valence-electron chi connectivity index (χ2n) is 4.91. The number of nitrogens with two attached hydrogens (primary N) is 2. The maximum Gasteiger partial charge on any atom is 0.223 e. The summed E-state index contributed by atoms with van der Waals surface area (Å²) in [6.45, 7) is 0. The van der Waals surface area contributed by atoms with Crippen molar-refractivity contribution in [2.75, 3.05) is 11.5 Å². The minimum atomic E-state index is 0.141. The molecule has 0 saturated carbocycles. The molecule has 0 spiro atoms. The molecular formula is C16H13N5O. The number of rotatable bonds is 2. The van der Waals surface area contributed by atoms with Gasteiger partial charge in [0.25, 0.3) is 0 Å². The number of aromatic amines is 1. The van der Waals surface area contributed by atoms with Gasteiger partial charge in [-0.1, -0.05) is 24.3 Å². The van der Waals surface area contributed by atoms with Gasteiger partial charge in [0.05, 0.1) is 16.3 Å². The van der Waals surface area contributed by atoms with Crippen LogP contribution < -0.4 is 16.2 Å². The van der Waals surface area contributed by atoms with E-state index < -0.39 is 0 Å². The number of nitrogens with one attached hydrogen (secondary N) is 1. The Hall–Kier alpha value is -3.28. The van der Waals surface area contributed by atoms with Gasteiger partial charge in [-0.05, 0) is 24.3 Å². The van der Waals surface area contributed by atoms with E-state index in [0.717, 1.165) is 22.0 Å². The van der Waals surface area contributed by atoms with Crippen LogP contribution in [0, 0.1) is 0 Å². The predicted octanol–water partition coefficient (Wildman–Crippen LogP) is 3.07. The summed E-state index contributed by atoms with van der Waals surface area (Å²) in [6, 6.07) is 15.3. The van der Waals surface area contributed by atoms with Crippen molar-refractivity contribution in [2.45, 2.75) is 0 Å². The summed E-state index contributed by atoms with van der Waals surface area (Å²) < 4.78 is 5.98. The Kier molecular flexibility index (Phi) is 2.62. The van der Waals surface area contributed by atoms with Gasteiger partial charge in [0.1, 0.15) is 23.0 Å². The molecule has 0 fully saturated rings. The van der Waals surface area contributed by atoms with Crippen LogP contribution in [0.1, 0.15) is 0 Å². The van der Waals surface area contributed by atoms with Crippen molar-refractivity contribution >= 4 is 33.7 Å². The van der Waals surface area contributed by atoms with Crippen molar-refractivity contribution in [2.24, 2.45) is 0 Å². The number of para-hydroxylation sites is 1.